The minimum Gasteiger partial charge on any atom is -0.378 e. The number of aryl methyl sites for hydroxylation is 2. The van der Waals surface area contributed by atoms with Gasteiger partial charge in [-0.2, -0.15) is 0 Å². The minimum atomic E-state index is -0.812. The Kier molecular flexibility index (Phi) is 8.40. The second-order valence-electron chi connectivity index (χ2n) is 9.48. The van der Waals surface area contributed by atoms with Gasteiger partial charge in [-0.3, -0.25) is 14.5 Å². The second kappa shape index (κ2) is 12.1. The summed E-state index contributed by atoms with van der Waals surface area (Å²) in [5.74, 6) is -1.02. The molecule has 2 N–H and O–H groups in total. The van der Waals surface area contributed by atoms with Crippen LogP contribution in [-0.2, 0) is 27.2 Å². The predicted molar refractivity (Wildman–Crippen MR) is 155 cm³/mol. The highest BCUT2D eigenvalue weighted by molar-refractivity contribution is 7.80. The van der Waals surface area contributed by atoms with E-state index in [1.807, 2.05) is 36.4 Å². The van der Waals surface area contributed by atoms with Crippen molar-refractivity contribution in [1.29, 1.82) is 0 Å². The van der Waals surface area contributed by atoms with Crippen molar-refractivity contribution in [2.45, 2.75) is 25.3 Å². The zero-order valence-corrected chi connectivity index (χ0v) is 22.7. The van der Waals surface area contributed by atoms with Gasteiger partial charge in [0.25, 0.3) is 5.91 Å². The normalized spacial score (nSPS) is 17.3. The molecule has 0 aliphatic carbocycles. The Morgan fingerprint density at radius 1 is 1.03 bits per heavy atom. The molecule has 2 saturated heterocycles. The largest absolute Gasteiger partial charge is 0.378 e. The molecule has 3 aromatic rings. The number of anilines is 3. The van der Waals surface area contributed by atoms with Gasteiger partial charge in [-0.15, -0.1) is 0 Å². The summed E-state index contributed by atoms with van der Waals surface area (Å²) in [5.41, 5.74) is 3.68. The van der Waals surface area contributed by atoms with Crippen LogP contribution in [0.4, 0.5) is 21.5 Å². The van der Waals surface area contributed by atoms with E-state index in [1.54, 1.807) is 18.2 Å². The van der Waals surface area contributed by atoms with E-state index in [1.165, 1.54) is 17.0 Å². The Hall–Kier alpha value is -3.53. The highest BCUT2D eigenvalue weighted by Crippen LogP contribution is 2.25. The number of hydrogen-bond donors (Lipinski definition) is 2. The molecule has 0 radical (unpaired) electrons. The molecule has 3 aromatic carbocycles. The average Bonchev–Trinajstić information content (AvgIpc) is 3.22. The summed E-state index contributed by atoms with van der Waals surface area (Å²) in [6.45, 7) is 3.05. The lowest BCUT2D eigenvalue weighted by Crippen LogP contribution is -2.36. The molecule has 10 heteroatoms. The van der Waals surface area contributed by atoms with Crippen molar-refractivity contribution in [3.05, 3.63) is 88.7 Å². The summed E-state index contributed by atoms with van der Waals surface area (Å²) in [5, 5.41) is 6.61. The van der Waals surface area contributed by atoms with Crippen LogP contribution in [0.25, 0.3) is 0 Å². The molecule has 39 heavy (non-hydrogen) atoms. The quantitative estimate of drug-likeness (QED) is 0.385. The third-order valence-corrected chi connectivity index (χ3v) is 7.37. The van der Waals surface area contributed by atoms with Crippen LogP contribution in [0.15, 0.2) is 66.7 Å². The van der Waals surface area contributed by atoms with E-state index in [9.17, 15) is 14.0 Å². The number of nitrogens with zero attached hydrogens (tertiary/aromatic N) is 2. The van der Waals surface area contributed by atoms with Crippen molar-refractivity contribution in [3.8, 4) is 0 Å². The van der Waals surface area contributed by atoms with Crippen LogP contribution in [0.1, 0.15) is 17.5 Å². The van der Waals surface area contributed by atoms with E-state index in [4.69, 9.17) is 28.6 Å². The van der Waals surface area contributed by atoms with Crippen molar-refractivity contribution in [3.63, 3.8) is 0 Å². The van der Waals surface area contributed by atoms with E-state index in [0.717, 1.165) is 24.3 Å². The molecule has 2 aliphatic heterocycles. The first-order chi connectivity index (χ1) is 18.9. The van der Waals surface area contributed by atoms with Crippen LogP contribution < -0.4 is 20.4 Å². The molecule has 2 amide bonds. The van der Waals surface area contributed by atoms with Crippen molar-refractivity contribution in [2.75, 3.05) is 41.4 Å². The van der Waals surface area contributed by atoms with Crippen molar-refractivity contribution in [1.82, 2.24) is 5.32 Å². The van der Waals surface area contributed by atoms with Gasteiger partial charge in [0.2, 0.25) is 5.91 Å². The molecule has 5 rings (SSSR count). The van der Waals surface area contributed by atoms with Gasteiger partial charge in [-0.25, -0.2) is 4.39 Å². The molecule has 2 fully saturated rings. The molecule has 2 heterocycles. The fourth-order valence-corrected chi connectivity index (χ4v) is 5.17. The molecule has 0 spiro atoms. The highest BCUT2D eigenvalue weighted by Gasteiger charge is 2.37. The van der Waals surface area contributed by atoms with Crippen LogP contribution in [0.5, 0.6) is 0 Å². The Morgan fingerprint density at radius 2 is 1.72 bits per heavy atom. The third-order valence-electron chi connectivity index (χ3n) is 6.82. The summed E-state index contributed by atoms with van der Waals surface area (Å²) < 4.78 is 20.0. The predicted octanol–water partition coefficient (Wildman–Crippen LogP) is 4.72. The van der Waals surface area contributed by atoms with Gasteiger partial charge in [0, 0.05) is 29.5 Å². The molecule has 0 bridgehead atoms. The van der Waals surface area contributed by atoms with Crippen LogP contribution >= 0.6 is 23.8 Å². The van der Waals surface area contributed by atoms with Crippen molar-refractivity contribution in [2.24, 2.45) is 0 Å². The first-order valence-corrected chi connectivity index (χ1v) is 13.6. The van der Waals surface area contributed by atoms with Crippen LogP contribution in [0, 0.1) is 5.82 Å². The van der Waals surface area contributed by atoms with E-state index in [-0.39, 0.29) is 29.2 Å². The van der Waals surface area contributed by atoms with Crippen molar-refractivity contribution >= 4 is 57.8 Å². The van der Waals surface area contributed by atoms with Gasteiger partial charge in [-0.1, -0.05) is 23.7 Å². The van der Waals surface area contributed by atoms with E-state index >= 15 is 0 Å². The number of nitrogens with one attached hydrogen (secondary N) is 2. The number of thiocarbonyl (C=S) groups is 1. The summed E-state index contributed by atoms with van der Waals surface area (Å²) >= 11 is 11.4. The fourth-order valence-electron chi connectivity index (χ4n) is 4.71. The molecular weight excluding hydrogens is 539 g/mol. The minimum absolute atomic E-state index is 0.0920. The number of halogens is 2. The smallest absolute Gasteiger partial charge is 0.256 e. The van der Waals surface area contributed by atoms with Gasteiger partial charge in [0.1, 0.15) is 11.9 Å². The SMILES string of the molecule is O=C(CC1NC(=S)N(c2ccc(F)c(CCc3ccc(Cl)cc3)c2)C1=O)Nc1ccc(N2CCOCC2)cc1. The molecule has 7 nitrogen and oxygen atoms in total. The first-order valence-electron chi connectivity index (χ1n) is 12.8. The summed E-state index contributed by atoms with van der Waals surface area (Å²) in [4.78, 5) is 29.5. The number of amides is 2. The number of ether oxygens (including phenoxy) is 1. The van der Waals surface area contributed by atoms with E-state index in [0.29, 0.717) is 48.0 Å². The summed E-state index contributed by atoms with van der Waals surface area (Å²) in [6.07, 6.45) is 0.968. The maximum Gasteiger partial charge on any atom is 0.256 e. The Morgan fingerprint density at radius 3 is 2.44 bits per heavy atom. The lowest BCUT2D eigenvalue weighted by Gasteiger charge is -2.28. The molecule has 2 aliphatic rings. The zero-order chi connectivity index (χ0) is 27.4. The van der Waals surface area contributed by atoms with Gasteiger partial charge < -0.3 is 20.3 Å². The number of benzene rings is 3. The summed E-state index contributed by atoms with van der Waals surface area (Å²) in [6, 6.07) is 18.7. The van der Waals surface area contributed by atoms with Gasteiger partial charge in [0.15, 0.2) is 5.11 Å². The number of rotatable bonds is 8. The number of morpholine rings is 1. The lowest BCUT2D eigenvalue weighted by atomic mass is 10.0. The molecule has 0 saturated carbocycles. The van der Waals surface area contributed by atoms with Crippen molar-refractivity contribution < 1.29 is 18.7 Å². The molecule has 1 unspecified atom stereocenters. The van der Waals surface area contributed by atoms with Gasteiger partial charge >= 0.3 is 0 Å². The fraction of sp³-hybridized carbons (Fsp3) is 0.276. The van der Waals surface area contributed by atoms with Crippen LogP contribution in [0.2, 0.25) is 5.02 Å². The standard InChI is InChI=1S/C29H28ClFN4O3S/c30-21-5-2-19(3-6-21)1-4-20-17-24(11-12-25(20)31)35-28(37)26(33-29(35)39)18-27(36)32-22-7-9-23(10-8-22)34-13-15-38-16-14-34/h2-3,5-12,17,26H,1,4,13-16,18H2,(H,32,36)(H,33,39). The Labute approximate surface area is 236 Å². The van der Waals surface area contributed by atoms with Crippen LogP contribution in [-0.4, -0.2) is 49.3 Å². The van der Waals surface area contributed by atoms with Gasteiger partial charge in [-0.05, 0) is 90.8 Å². The average molecular weight is 567 g/mol. The monoisotopic (exact) mass is 566 g/mol. The maximum absolute atomic E-state index is 14.6. The van der Waals surface area contributed by atoms with Crippen LogP contribution in [0.3, 0.4) is 0 Å². The summed E-state index contributed by atoms with van der Waals surface area (Å²) in [7, 11) is 0. The highest BCUT2D eigenvalue weighted by atomic mass is 35.5. The molecular formula is C29H28ClFN4O3S. The topological polar surface area (TPSA) is 73.9 Å². The van der Waals surface area contributed by atoms with Gasteiger partial charge in [0.05, 0.1) is 25.3 Å². The Balaban J connectivity index is 1.19. The van der Waals surface area contributed by atoms with E-state index < -0.39 is 6.04 Å². The number of hydrogen-bond acceptors (Lipinski definition) is 5. The Bertz CT molecular complexity index is 1360. The maximum atomic E-state index is 14.6. The molecule has 0 aromatic heterocycles. The first kappa shape index (κ1) is 27.1. The second-order valence-corrected chi connectivity index (χ2v) is 10.3. The molecule has 202 valence electrons. The number of carbonyl (C=O) groups is 2. The zero-order valence-electron chi connectivity index (χ0n) is 21.2. The lowest BCUT2D eigenvalue weighted by molar-refractivity contribution is -0.122. The molecule has 1 atom stereocenters. The van der Waals surface area contributed by atoms with E-state index in [2.05, 4.69) is 15.5 Å². The third kappa shape index (κ3) is 6.55. The number of carbonyl (C=O) groups excluding carboxylic acids is 2.